The molecule has 5 nitrogen and oxygen atoms in total. The molecule has 0 radical (unpaired) electrons. The quantitative estimate of drug-likeness (QED) is 0.364. The number of fused-ring (bicyclic) bond motifs is 4. The third kappa shape index (κ3) is 2.77. The van der Waals surface area contributed by atoms with Gasteiger partial charge in [-0.2, -0.15) is 0 Å². The van der Waals surface area contributed by atoms with Gasteiger partial charge in [0.05, 0.1) is 21.5 Å². The summed E-state index contributed by atoms with van der Waals surface area (Å²) in [6.45, 7) is 8.66. The number of hydrogen-bond acceptors (Lipinski definition) is 5. The van der Waals surface area contributed by atoms with Gasteiger partial charge in [0, 0.05) is 16.5 Å². The lowest BCUT2D eigenvalue weighted by Gasteiger charge is -2.27. The van der Waals surface area contributed by atoms with E-state index in [-0.39, 0.29) is 11.5 Å². The molecule has 0 aliphatic carbocycles. The summed E-state index contributed by atoms with van der Waals surface area (Å²) in [7, 11) is 0. The summed E-state index contributed by atoms with van der Waals surface area (Å²) in [5.74, 6) is 1.01. The second kappa shape index (κ2) is 6.36. The monoisotopic (exact) mass is 377 g/mol. The minimum Gasteiger partial charge on any atom is -0.507 e. The van der Waals surface area contributed by atoms with Crippen LogP contribution < -0.4 is 16.4 Å². The van der Waals surface area contributed by atoms with Crippen molar-refractivity contribution in [2.75, 3.05) is 5.73 Å². The minimum atomic E-state index is -0.556. The molecule has 1 aliphatic rings. The highest BCUT2D eigenvalue weighted by molar-refractivity contribution is 6.14. The fraction of sp³-hybridized carbons (Fsp3) is 0.391. The van der Waals surface area contributed by atoms with Crippen LogP contribution in [0.4, 0.5) is 5.69 Å². The van der Waals surface area contributed by atoms with Crippen molar-refractivity contribution in [2.24, 2.45) is 21.8 Å². The van der Waals surface area contributed by atoms with Crippen LogP contribution in [-0.4, -0.2) is 15.9 Å². The van der Waals surface area contributed by atoms with Crippen molar-refractivity contribution in [3.05, 3.63) is 41.0 Å². The van der Waals surface area contributed by atoms with Gasteiger partial charge < -0.3 is 15.9 Å². The molecule has 0 fully saturated rings. The van der Waals surface area contributed by atoms with Gasteiger partial charge in [-0.25, -0.2) is 0 Å². The molecule has 0 bridgehead atoms. The van der Waals surface area contributed by atoms with Gasteiger partial charge in [0.2, 0.25) is 0 Å². The maximum atomic E-state index is 11.1. The summed E-state index contributed by atoms with van der Waals surface area (Å²) in [6.07, 6.45) is 1.64. The predicted octanol–water partition coefficient (Wildman–Crippen LogP) is 4.03. The number of nitrogens with zero attached hydrogens (tertiary/aromatic N) is 2. The molecule has 28 heavy (non-hydrogen) atoms. The molecule has 0 aromatic heterocycles. The van der Waals surface area contributed by atoms with E-state index in [4.69, 9.17) is 15.7 Å². The first-order valence-electron chi connectivity index (χ1n) is 9.87. The Labute approximate surface area is 164 Å². The van der Waals surface area contributed by atoms with Crippen LogP contribution in [0, 0.1) is 11.8 Å². The second-order valence-electron chi connectivity index (χ2n) is 8.73. The van der Waals surface area contributed by atoms with E-state index in [1.54, 1.807) is 18.2 Å². The molecule has 1 heterocycles. The first kappa shape index (κ1) is 18.5. The summed E-state index contributed by atoms with van der Waals surface area (Å²) in [5, 5.41) is 25.4. The maximum Gasteiger partial charge on any atom is 0.152 e. The molecule has 0 saturated heterocycles. The average molecular weight is 377 g/mol. The zero-order valence-electron chi connectivity index (χ0n) is 16.8. The number of rotatable bonds is 4. The van der Waals surface area contributed by atoms with E-state index in [9.17, 15) is 10.2 Å². The molecule has 1 aliphatic heterocycles. The third-order valence-electron chi connectivity index (χ3n) is 5.34. The number of aromatic hydroxyl groups is 2. The van der Waals surface area contributed by atoms with Gasteiger partial charge in [0.25, 0.3) is 0 Å². The zero-order chi connectivity index (χ0) is 20.2. The lowest BCUT2D eigenvalue weighted by Crippen LogP contribution is -2.27. The molecule has 0 unspecified atom stereocenters. The molecule has 5 heteroatoms. The van der Waals surface area contributed by atoms with Crippen molar-refractivity contribution in [3.63, 3.8) is 0 Å². The van der Waals surface area contributed by atoms with Crippen LogP contribution in [0.2, 0.25) is 0 Å². The fourth-order valence-electron chi connectivity index (χ4n) is 4.56. The van der Waals surface area contributed by atoms with Gasteiger partial charge in [0.15, 0.2) is 5.66 Å². The first-order valence-corrected chi connectivity index (χ1v) is 9.87. The molecule has 0 atom stereocenters. The van der Waals surface area contributed by atoms with E-state index in [0.717, 1.165) is 12.8 Å². The Hall–Kier alpha value is -2.82. The van der Waals surface area contributed by atoms with Gasteiger partial charge in [-0.15, -0.1) is 0 Å². The molecule has 146 valence electrons. The van der Waals surface area contributed by atoms with Gasteiger partial charge in [-0.3, -0.25) is 9.98 Å². The van der Waals surface area contributed by atoms with Crippen molar-refractivity contribution in [3.8, 4) is 11.5 Å². The van der Waals surface area contributed by atoms with Crippen LogP contribution in [0.25, 0.3) is 21.5 Å². The van der Waals surface area contributed by atoms with Crippen molar-refractivity contribution in [2.45, 2.75) is 46.2 Å². The molecule has 3 aromatic rings. The topological polar surface area (TPSA) is 91.2 Å². The Balaban J connectivity index is 2.15. The lowest BCUT2D eigenvalue weighted by atomic mass is 9.90. The van der Waals surface area contributed by atoms with Gasteiger partial charge in [-0.1, -0.05) is 52.0 Å². The van der Waals surface area contributed by atoms with Gasteiger partial charge in [0.1, 0.15) is 11.5 Å². The number of hydrogen-bond donors (Lipinski definition) is 3. The average Bonchev–Trinajstić information content (AvgIpc) is 2.94. The summed E-state index contributed by atoms with van der Waals surface area (Å²) in [4.78, 5) is 10.0. The van der Waals surface area contributed by atoms with Crippen molar-refractivity contribution in [1.82, 2.24) is 0 Å². The first-order chi connectivity index (χ1) is 13.2. The Bertz CT molecular complexity index is 1200. The number of phenolic OH excluding ortho intramolecular Hbond substituents is 2. The summed E-state index contributed by atoms with van der Waals surface area (Å²) < 4.78 is 0. The standard InChI is InChI=1S/C23H27N3O2/c1-12(2)10-23(11-13(3)4)25-17-9-16(24)18-19(20(17)26-23)22(28)15-8-6-5-7-14(15)21(18)27/h5-9,12-13,27-28H,10-11,24H2,1-4H3. The normalized spacial score (nSPS) is 15.2. The zero-order valence-corrected chi connectivity index (χ0v) is 16.8. The lowest BCUT2D eigenvalue weighted by molar-refractivity contribution is 0.296. The third-order valence-corrected chi connectivity index (χ3v) is 5.34. The van der Waals surface area contributed by atoms with E-state index >= 15 is 0 Å². The Morgan fingerprint density at radius 3 is 1.96 bits per heavy atom. The molecule has 0 amide bonds. The number of phenols is 2. The van der Waals surface area contributed by atoms with Crippen molar-refractivity contribution in [1.29, 1.82) is 0 Å². The largest absolute Gasteiger partial charge is 0.507 e. The summed E-state index contributed by atoms with van der Waals surface area (Å²) in [5.41, 5.74) is 6.15. The fourth-order valence-corrected chi connectivity index (χ4v) is 4.56. The van der Waals surface area contributed by atoms with E-state index in [0.29, 0.717) is 49.8 Å². The van der Waals surface area contributed by atoms with Crippen LogP contribution in [0.1, 0.15) is 40.5 Å². The van der Waals surface area contributed by atoms with Crippen LogP contribution in [0.3, 0.4) is 0 Å². The Kier molecular flexibility index (Phi) is 4.21. The molecule has 0 saturated carbocycles. The Morgan fingerprint density at radius 1 is 0.893 bits per heavy atom. The SMILES string of the molecule is CC(C)CC1(CC(C)C)N=c2cc(N)c3c(O)c4ccccc4c(O)c3c2=N1. The number of benzene rings is 3. The molecular formula is C23H27N3O2. The van der Waals surface area contributed by atoms with Crippen molar-refractivity contribution < 1.29 is 10.2 Å². The van der Waals surface area contributed by atoms with Crippen LogP contribution in [0.15, 0.2) is 40.3 Å². The highest BCUT2D eigenvalue weighted by Gasteiger charge is 2.34. The Morgan fingerprint density at radius 2 is 1.43 bits per heavy atom. The molecule has 0 spiro atoms. The number of nitrogen functional groups attached to an aromatic ring is 1. The van der Waals surface area contributed by atoms with Crippen LogP contribution in [0.5, 0.6) is 11.5 Å². The highest BCUT2D eigenvalue weighted by Crippen LogP contribution is 2.42. The van der Waals surface area contributed by atoms with Gasteiger partial charge in [-0.05, 0) is 30.7 Å². The van der Waals surface area contributed by atoms with Gasteiger partial charge >= 0.3 is 0 Å². The van der Waals surface area contributed by atoms with E-state index < -0.39 is 5.66 Å². The van der Waals surface area contributed by atoms with Crippen LogP contribution >= 0.6 is 0 Å². The van der Waals surface area contributed by atoms with E-state index in [2.05, 4.69) is 27.7 Å². The molecular weight excluding hydrogens is 350 g/mol. The smallest absolute Gasteiger partial charge is 0.152 e. The molecule has 3 aromatic carbocycles. The highest BCUT2D eigenvalue weighted by atomic mass is 16.3. The van der Waals surface area contributed by atoms with E-state index in [1.165, 1.54) is 0 Å². The summed E-state index contributed by atoms with van der Waals surface area (Å²) >= 11 is 0. The molecule has 4 N–H and O–H groups in total. The number of anilines is 1. The van der Waals surface area contributed by atoms with E-state index in [1.807, 2.05) is 12.1 Å². The minimum absolute atomic E-state index is 0.0733. The van der Waals surface area contributed by atoms with Crippen LogP contribution in [-0.2, 0) is 0 Å². The maximum absolute atomic E-state index is 11.1. The second-order valence-corrected chi connectivity index (χ2v) is 8.73. The number of nitrogens with two attached hydrogens (primary N) is 1. The van der Waals surface area contributed by atoms with Crippen molar-refractivity contribution >= 4 is 27.2 Å². The molecule has 4 rings (SSSR count). The summed E-state index contributed by atoms with van der Waals surface area (Å²) in [6, 6.07) is 9.01. The predicted molar refractivity (Wildman–Crippen MR) is 113 cm³/mol.